The van der Waals surface area contributed by atoms with Gasteiger partial charge in [0.15, 0.2) is 0 Å². The van der Waals surface area contributed by atoms with Crippen LogP contribution in [0, 0.1) is 5.92 Å². The lowest BCUT2D eigenvalue weighted by Gasteiger charge is -2.30. The van der Waals surface area contributed by atoms with E-state index in [-0.39, 0.29) is 11.6 Å². The number of para-hydroxylation sites is 1. The molecule has 0 saturated carbocycles. The van der Waals surface area contributed by atoms with E-state index < -0.39 is 5.91 Å². The summed E-state index contributed by atoms with van der Waals surface area (Å²) in [5.74, 6) is 0.203. The Morgan fingerprint density at radius 3 is 2.64 bits per heavy atom. The molecule has 1 aromatic heterocycles. The molecular formula is C19H20ClN3O2. The minimum Gasteiger partial charge on any atom is -0.339 e. The molecule has 1 aliphatic heterocycles. The predicted molar refractivity (Wildman–Crippen MR) is 97.9 cm³/mol. The Balaban J connectivity index is 1.73. The number of amides is 2. The van der Waals surface area contributed by atoms with Gasteiger partial charge in [-0.3, -0.25) is 14.6 Å². The van der Waals surface area contributed by atoms with Gasteiger partial charge in [-0.05, 0) is 43.0 Å². The molecule has 0 radical (unpaired) electrons. The van der Waals surface area contributed by atoms with E-state index in [0.29, 0.717) is 22.2 Å². The summed E-state index contributed by atoms with van der Waals surface area (Å²) in [6, 6.07) is 10.2. The molecule has 1 aromatic carbocycles. The number of hydrogen-bond donors (Lipinski definition) is 1. The number of likely N-dealkylation sites (tertiary alicyclic amines) is 1. The zero-order valence-electron chi connectivity index (χ0n) is 14.0. The molecule has 1 fully saturated rings. The number of hydrogen-bond acceptors (Lipinski definition) is 3. The quantitative estimate of drug-likeness (QED) is 0.907. The van der Waals surface area contributed by atoms with Crippen LogP contribution in [0.15, 0.2) is 42.6 Å². The van der Waals surface area contributed by atoms with E-state index in [1.54, 1.807) is 30.3 Å². The summed E-state index contributed by atoms with van der Waals surface area (Å²) in [5, 5.41) is 3.17. The Kier molecular flexibility index (Phi) is 5.34. The van der Waals surface area contributed by atoms with Crippen LogP contribution in [0.3, 0.4) is 0 Å². The molecule has 0 aliphatic carbocycles. The van der Waals surface area contributed by atoms with E-state index in [1.165, 1.54) is 12.3 Å². The fourth-order valence-corrected chi connectivity index (χ4v) is 3.01. The highest BCUT2D eigenvalue weighted by Crippen LogP contribution is 2.21. The van der Waals surface area contributed by atoms with Gasteiger partial charge in [-0.1, -0.05) is 30.7 Å². The van der Waals surface area contributed by atoms with Gasteiger partial charge in [0.2, 0.25) is 0 Å². The number of carbonyl (C=O) groups is 2. The molecule has 6 heteroatoms. The van der Waals surface area contributed by atoms with Crippen LogP contribution >= 0.6 is 11.6 Å². The molecule has 2 heterocycles. The summed E-state index contributed by atoms with van der Waals surface area (Å²) in [7, 11) is 0. The van der Waals surface area contributed by atoms with Crippen molar-refractivity contribution in [2.24, 2.45) is 5.92 Å². The van der Waals surface area contributed by atoms with Gasteiger partial charge < -0.3 is 10.2 Å². The normalized spacial score (nSPS) is 15.0. The van der Waals surface area contributed by atoms with Crippen molar-refractivity contribution in [1.82, 2.24) is 9.88 Å². The van der Waals surface area contributed by atoms with Crippen LogP contribution < -0.4 is 5.32 Å². The number of nitrogens with one attached hydrogen (secondary N) is 1. The fraction of sp³-hybridized carbons (Fsp3) is 0.316. The third-order valence-corrected chi connectivity index (χ3v) is 4.76. The first-order chi connectivity index (χ1) is 12.0. The summed E-state index contributed by atoms with van der Waals surface area (Å²) in [6.07, 6.45) is 3.51. The molecule has 0 spiro atoms. The van der Waals surface area contributed by atoms with Crippen molar-refractivity contribution in [2.75, 3.05) is 18.4 Å². The number of anilines is 1. The maximum Gasteiger partial charge on any atom is 0.274 e. The third-order valence-electron chi connectivity index (χ3n) is 4.43. The van der Waals surface area contributed by atoms with Gasteiger partial charge >= 0.3 is 0 Å². The Labute approximate surface area is 152 Å². The topological polar surface area (TPSA) is 62.3 Å². The van der Waals surface area contributed by atoms with Gasteiger partial charge in [-0.2, -0.15) is 0 Å². The number of halogens is 1. The average Bonchev–Trinajstić information content (AvgIpc) is 2.64. The van der Waals surface area contributed by atoms with Crippen molar-refractivity contribution in [3.8, 4) is 0 Å². The molecule has 2 aromatic rings. The summed E-state index contributed by atoms with van der Waals surface area (Å²) >= 11 is 6.05. The second-order valence-corrected chi connectivity index (χ2v) is 6.75. The molecule has 1 aliphatic rings. The highest BCUT2D eigenvalue weighted by atomic mass is 35.5. The highest BCUT2D eigenvalue weighted by molar-refractivity contribution is 6.33. The van der Waals surface area contributed by atoms with Crippen LogP contribution in [0.2, 0.25) is 5.02 Å². The van der Waals surface area contributed by atoms with Crippen LogP contribution in [-0.2, 0) is 0 Å². The average molecular weight is 358 g/mol. The molecule has 0 atom stereocenters. The Morgan fingerprint density at radius 2 is 1.92 bits per heavy atom. The first-order valence-corrected chi connectivity index (χ1v) is 8.73. The van der Waals surface area contributed by atoms with E-state index in [9.17, 15) is 9.59 Å². The molecule has 1 N–H and O–H groups in total. The number of rotatable bonds is 3. The first kappa shape index (κ1) is 17.4. The third kappa shape index (κ3) is 4.17. The number of carbonyl (C=O) groups excluding carboxylic acids is 2. The lowest BCUT2D eigenvalue weighted by Crippen LogP contribution is -2.38. The smallest absolute Gasteiger partial charge is 0.274 e. The summed E-state index contributed by atoms with van der Waals surface area (Å²) in [6.45, 7) is 3.71. The van der Waals surface area contributed by atoms with Crippen LogP contribution in [0.25, 0.3) is 0 Å². The molecule has 0 unspecified atom stereocenters. The van der Waals surface area contributed by atoms with Crippen LogP contribution in [0.4, 0.5) is 5.69 Å². The van der Waals surface area contributed by atoms with E-state index in [2.05, 4.69) is 17.2 Å². The number of pyridine rings is 1. The second kappa shape index (κ2) is 7.66. The second-order valence-electron chi connectivity index (χ2n) is 6.34. The highest BCUT2D eigenvalue weighted by Gasteiger charge is 2.22. The van der Waals surface area contributed by atoms with Gasteiger partial charge in [0.05, 0.1) is 10.7 Å². The summed E-state index contributed by atoms with van der Waals surface area (Å²) in [5.41, 5.74) is 1.18. The van der Waals surface area contributed by atoms with E-state index in [0.717, 1.165) is 25.9 Å². The van der Waals surface area contributed by atoms with Crippen LogP contribution in [0.1, 0.15) is 40.6 Å². The lowest BCUT2D eigenvalue weighted by atomic mass is 9.98. The minimum absolute atomic E-state index is 0.0545. The number of nitrogens with zero attached hydrogens (tertiary/aromatic N) is 2. The summed E-state index contributed by atoms with van der Waals surface area (Å²) < 4.78 is 0. The van der Waals surface area contributed by atoms with Crippen molar-refractivity contribution in [1.29, 1.82) is 0 Å². The zero-order chi connectivity index (χ0) is 17.8. The Bertz CT molecular complexity index is 786. The van der Waals surface area contributed by atoms with Gasteiger partial charge in [0.25, 0.3) is 11.8 Å². The first-order valence-electron chi connectivity index (χ1n) is 8.36. The van der Waals surface area contributed by atoms with Crippen molar-refractivity contribution in [3.05, 3.63) is 58.9 Å². The minimum atomic E-state index is -0.394. The number of aromatic nitrogens is 1. The van der Waals surface area contributed by atoms with E-state index in [4.69, 9.17) is 11.6 Å². The Hall–Kier alpha value is -2.40. The molecule has 0 bridgehead atoms. The van der Waals surface area contributed by atoms with Crippen LogP contribution in [-0.4, -0.2) is 34.8 Å². The van der Waals surface area contributed by atoms with Crippen molar-refractivity contribution < 1.29 is 9.59 Å². The molecule has 2 amide bonds. The molecule has 3 rings (SSSR count). The Morgan fingerprint density at radius 1 is 1.20 bits per heavy atom. The maximum atomic E-state index is 12.6. The number of piperidine rings is 1. The van der Waals surface area contributed by atoms with E-state index >= 15 is 0 Å². The molecule has 25 heavy (non-hydrogen) atoms. The summed E-state index contributed by atoms with van der Waals surface area (Å²) in [4.78, 5) is 31.0. The molecular weight excluding hydrogens is 338 g/mol. The van der Waals surface area contributed by atoms with Crippen molar-refractivity contribution in [3.63, 3.8) is 0 Å². The van der Waals surface area contributed by atoms with Crippen molar-refractivity contribution in [2.45, 2.75) is 19.8 Å². The van der Waals surface area contributed by atoms with E-state index in [1.807, 2.05) is 4.90 Å². The van der Waals surface area contributed by atoms with Gasteiger partial charge in [0.1, 0.15) is 5.69 Å². The van der Waals surface area contributed by atoms with Gasteiger partial charge in [-0.15, -0.1) is 0 Å². The standard InChI is InChI=1S/C19H20ClN3O2/c1-13-7-10-23(11-8-13)19(25)14-6-9-21-17(12-14)18(24)22-16-5-3-2-4-15(16)20/h2-6,9,12-13H,7-8,10-11H2,1H3,(H,22,24). The van der Waals surface area contributed by atoms with Gasteiger partial charge in [-0.25, -0.2) is 0 Å². The largest absolute Gasteiger partial charge is 0.339 e. The van der Waals surface area contributed by atoms with Gasteiger partial charge in [0, 0.05) is 24.8 Å². The molecule has 5 nitrogen and oxygen atoms in total. The predicted octanol–water partition coefficient (Wildman–Crippen LogP) is 3.86. The lowest BCUT2D eigenvalue weighted by molar-refractivity contribution is 0.0697. The van der Waals surface area contributed by atoms with Crippen LogP contribution in [0.5, 0.6) is 0 Å². The number of benzene rings is 1. The fourth-order valence-electron chi connectivity index (χ4n) is 2.83. The SMILES string of the molecule is CC1CCN(C(=O)c2ccnc(C(=O)Nc3ccccc3Cl)c2)CC1. The molecule has 1 saturated heterocycles. The maximum absolute atomic E-state index is 12.6. The monoisotopic (exact) mass is 357 g/mol. The zero-order valence-corrected chi connectivity index (χ0v) is 14.8. The molecule has 130 valence electrons. The van der Waals surface area contributed by atoms with Crippen molar-refractivity contribution >= 4 is 29.1 Å².